The van der Waals surface area contributed by atoms with Crippen molar-refractivity contribution in [2.45, 2.75) is 0 Å². The van der Waals surface area contributed by atoms with Crippen molar-refractivity contribution in [2.24, 2.45) is 7.05 Å². The summed E-state index contributed by atoms with van der Waals surface area (Å²) in [6.45, 7) is 2.90. The molecular weight excluding hydrogens is 262 g/mol. The Morgan fingerprint density at radius 3 is 2.45 bits per heavy atom. The quantitative estimate of drug-likeness (QED) is 0.332. The van der Waals surface area contributed by atoms with E-state index in [1.807, 2.05) is 0 Å². The van der Waals surface area contributed by atoms with Crippen molar-refractivity contribution < 1.29 is 19.2 Å². The lowest BCUT2D eigenvalue weighted by atomic mass is 10.2. The number of amides is 4. The van der Waals surface area contributed by atoms with E-state index in [4.69, 9.17) is 0 Å². The number of urea groups is 1. The Morgan fingerprint density at radius 2 is 1.90 bits per heavy atom. The number of hydrogen-bond acceptors (Lipinski definition) is 4. The lowest BCUT2D eigenvalue weighted by Crippen LogP contribution is -2.37. The van der Waals surface area contributed by atoms with E-state index in [-0.39, 0.29) is 6.54 Å². The van der Waals surface area contributed by atoms with E-state index in [0.717, 1.165) is 4.90 Å². The van der Waals surface area contributed by atoms with Crippen molar-refractivity contribution in [3.05, 3.63) is 36.7 Å². The zero-order valence-electron chi connectivity index (χ0n) is 10.9. The van der Waals surface area contributed by atoms with Crippen LogP contribution in [0.1, 0.15) is 10.5 Å². The molecule has 104 valence electrons. The summed E-state index contributed by atoms with van der Waals surface area (Å²) in [5.74, 6) is -2.33. The minimum atomic E-state index is -0.987. The highest BCUT2D eigenvalue weighted by atomic mass is 16.2. The van der Waals surface area contributed by atoms with Gasteiger partial charge in [0.15, 0.2) is 5.78 Å². The molecule has 0 spiro atoms. The van der Waals surface area contributed by atoms with Crippen LogP contribution in [0.2, 0.25) is 0 Å². The maximum Gasteiger partial charge on any atom is 0.334 e. The molecule has 2 heterocycles. The molecular formula is C13H13N3O4. The molecule has 1 saturated heterocycles. The number of aromatic nitrogens is 1. The van der Waals surface area contributed by atoms with E-state index in [0.29, 0.717) is 10.6 Å². The Kier molecular flexibility index (Phi) is 3.51. The summed E-state index contributed by atoms with van der Waals surface area (Å²) >= 11 is 0. The SMILES string of the molecule is C=CCN1C(=O)C(=O)N(CC(=O)c2cccn2C)C1=O. The van der Waals surface area contributed by atoms with Crippen molar-refractivity contribution >= 4 is 23.6 Å². The Labute approximate surface area is 115 Å². The summed E-state index contributed by atoms with van der Waals surface area (Å²) in [7, 11) is 1.68. The van der Waals surface area contributed by atoms with Gasteiger partial charge in [-0.25, -0.2) is 9.69 Å². The summed E-state index contributed by atoms with van der Waals surface area (Å²) in [5, 5.41) is 0. The molecule has 1 aromatic heterocycles. The molecule has 0 atom stereocenters. The van der Waals surface area contributed by atoms with Crippen LogP contribution in [0.3, 0.4) is 0 Å². The van der Waals surface area contributed by atoms with Crippen LogP contribution in [0.5, 0.6) is 0 Å². The van der Waals surface area contributed by atoms with E-state index in [2.05, 4.69) is 6.58 Å². The molecule has 0 saturated carbocycles. The summed E-state index contributed by atoms with van der Waals surface area (Å²) in [6, 6.07) is 2.47. The van der Waals surface area contributed by atoms with Crippen LogP contribution >= 0.6 is 0 Å². The van der Waals surface area contributed by atoms with Crippen LogP contribution in [-0.2, 0) is 16.6 Å². The highest BCUT2D eigenvalue weighted by molar-refractivity contribution is 6.45. The third-order valence-corrected chi connectivity index (χ3v) is 2.98. The molecule has 1 aliphatic rings. The Balaban J connectivity index is 2.18. The first-order valence-corrected chi connectivity index (χ1v) is 5.90. The molecule has 1 aromatic rings. The number of ketones is 1. The molecule has 1 aliphatic heterocycles. The number of rotatable bonds is 5. The lowest BCUT2D eigenvalue weighted by molar-refractivity contribution is -0.142. The molecule has 4 amide bonds. The topological polar surface area (TPSA) is 79.7 Å². The van der Waals surface area contributed by atoms with Gasteiger partial charge in [-0.2, -0.15) is 0 Å². The fourth-order valence-electron chi connectivity index (χ4n) is 1.96. The number of carbonyl (C=O) groups is 4. The standard InChI is InChI=1S/C13H13N3O4/c1-3-6-15-11(18)12(19)16(13(15)20)8-10(17)9-5-4-7-14(9)2/h3-5,7H,1,6,8H2,2H3. The fourth-order valence-corrected chi connectivity index (χ4v) is 1.96. The highest BCUT2D eigenvalue weighted by Gasteiger charge is 2.44. The van der Waals surface area contributed by atoms with Crippen LogP contribution in [0.25, 0.3) is 0 Å². The van der Waals surface area contributed by atoms with Crippen molar-refractivity contribution in [2.75, 3.05) is 13.1 Å². The lowest BCUT2D eigenvalue weighted by Gasteiger charge is -2.13. The zero-order valence-corrected chi connectivity index (χ0v) is 10.9. The van der Waals surface area contributed by atoms with Crippen LogP contribution in [0.4, 0.5) is 4.79 Å². The number of carbonyl (C=O) groups excluding carboxylic acids is 4. The number of Topliss-reactive ketones (excluding diaryl/α,β-unsaturated/α-hetero) is 1. The molecule has 0 unspecified atom stereocenters. The van der Waals surface area contributed by atoms with Gasteiger partial charge in [0, 0.05) is 19.8 Å². The number of imide groups is 2. The van der Waals surface area contributed by atoms with Crippen molar-refractivity contribution in [1.29, 1.82) is 0 Å². The Bertz CT molecular complexity index is 617. The maximum absolute atomic E-state index is 12.0. The first kappa shape index (κ1) is 13.7. The molecule has 20 heavy (non-hydrogen) atoms. The number of aryl methyl sites for hydroxylation is 1. The van der Waals surface area contributed by atoms with Gasteiger partial charge in [-0.15, -0.1) is 6.58 Å². The molecule has 1 fully saturated rings. The van der Waals surface area contributed by atoms with Crippen LogP contribution in [0.15, 0.2) is 31.0 Å². The normalized spacial score (nSPS) is 15.2. The van der Waals surface area contributed by atoms with Gasteiger partial charge in [0.05, 0.1) is 12.2 Å². The Morgan fingerprint density at radius 1 is 1.25 bits per heavy atom. The minimum absolute atomic E-state index is 0.0573. The summed E-state index contributed by atoms with van der Waals surface area (Å²) in [6.07, 6.45) is 3.02. The van der Waals surface area contributed by atoms with E-state index < -0.39 is 30.2 Å². The predicted molar refractivity (Wildman–Crippen MR) is 68.8 cm³/mol. The van der Waals surface area contributed by atoms with Crippen LogP contribution in [0, 0.1) is 0 Å². The van der Waals surface area contributed by atoms with E-state index in [9.17, 15) is 19.2 Å². The monoisotopic (exact) mass is 275 g/mol. The third kappa shape index (κ3) is 2.13. The first-order chi connectivity index (χ1) is 9.47. The number of hydrogen-bond donors (Lipinski definition) is 0. The largest absolute Gasteiger partial charge is 0.348 e. The second kappa shape index (κ2) is 5.12. The molecule has 0 aliphatic carbocycles. The molecule has 7 heteroatoms. The van der Waals surface area contributed by atoms with E-state index >= 15 is 0 Å². The van der Waals surface area contributed by atoms with Gasteiger partial charge in [0.1, 0.15) is 0 Å². The van der Waals surface area contributed by atoms with Gasteiger partial charge >= 0.3 is 17.8 Å². The average Bonchev–Trinajstić information content (AvgIpc) is 2.92. The van der Waals surface area contributed by atoms with Gasteiger partial charge in [-0.3, -0.25) is 19.3 Å². The second-order valence-corrected chi connectivity index (χ2v) is 4.31. The first-order valence-electron chi connectivity index (χ1n) is 5.90. The second-order valence-electron chi connectivity index (χ2n) is 4.31. The maximum atomic E-state index is 12.0. The van der Waals surface area contributed by atoms with Crippen molar-refractivity contribution in [1.82, 2.24) is 14.4 Å². The molecule has 7 nitrogen and oxygen atoms in total. The molecule has 0 radical (unpaired) electrons. The van der Waals surface area contributed by atoms with Gasteiger partial charge in [-0.05, 0) is 12.1 Å². The average molecular weight is 275 g/mol. The van der Waals surface area contributed by atoms with Crippen molar-refractivity contribution in [3.63, 3.8) is 0 Å². The predicted octanol–water partition coefficient (Wildman–Crippen LogP) is 0.185. The minimum Gasteiger partial charge on any atom is -0.348 e. The molecule has 0 N–H and O–H groups in total. The zero-order chi connectivity index (χ0) is 14.9. The molecule has 0 aromatic carbocycles. The van der Waals surface area contributed by atoms with E-state index in [1.54, 1.807) is 29.9 Å². The highest BCUT2D eigenvalue weighted by Crippen LogP contribution is 2.13. The van der Waals surface area contributed by atoms with Crippen LogP contribution in [-0.4, -0.2) is 51.1 Å². The van der Waals surface area contributed by atoms with Gasteiger partial charge < -0.3 is 4.57 Å². The molecule has 0 bridgehead atoms. The summed E-state index contributed by atoms with van der Waals surface area (Å²) in [5.41, 5.74) is 0.361. The van der Waals surface area contributed by atoms with Gasteiger partial charge in [-0.1, -0.05) is 6.08 Å². The molecule has 2 rings (SSSR count). The summed E-state index contributed by atoms with van der Waals surface area (Å²) < 4.78 is 1.58. The number of nitrogens with zero attached hydrogens (tertiary/aromatic N) is 3. The van der Waals surface area contributed by atoms with Gasteiger partial charge in [0.25, 0.3) is 0 Å². The van der Waals surface area contributed by atoms with Gasteiger partial charge in [0.2, 0.25) is 0 Å². The van der Waals surface area contributed by atoms with Crippen molar-refractivity contribution in [3.8, 4) is 0 Å². The Hall–Kier alpha value is -2.70. The third-order valence-electron chi connectivity index (χ3n) is 2.98. The van der Waals surface area contributed by atoms with E-state index in [1.165, 1.54) is 6.08 Å². The summed E-state index contributed by atoms with van der Waals surface area (Å²) in [4.78, 5) is 48.7. The fraction of sp³-hybridized carbons (Fsp3) is 0.231. The smallest absolute Gasteiger partial charge is 0.334 e. The van der Waals surface area contributed by atoms with Crippen LogP contribution < -0.4 is 0 Å².